The number of carbonyl (C=O) groups excluding carboxylic acids is 2. The van der Waals surface area contributed by atoms with E-state index in [1.54, 1.807) is 0 Å². The van der Waals surface area contributed by atoms with Crippen molar-refractivity contribution in [3.63, 3.8) is 0 Å². The number of anilines is 1. The van der Waals surface area contributed by atoms with Gasteiger partial charge in [-0.25, -0.2) is 0 Å². The van der Waals surface area contributed by atoms with Gasteiger partial charge in [0, 0.05) is 12.6 Å². The largest absolute Gasteiger partial charge is 0.448 e. The smallest absolute Gasteiger partial charge is 0.416 e. The van der Waals surface area contributed by atoms with Gasteiger partial charge in [0.05, 0.1) is 5.56 Å². The molecule has 0 aliphatic carbocycles. The number of alkyl halides is 3. The van der Waals surface area contributed by atoms with Gasteiger partial charge >= 0.3 is 6.18 Å². The number of aryl methyl sites for hydroxylation is 1. The predicted molar refractivity (Wildman–Crippen MR) is 72.8 cm³/mol. The number of ketones is 1. The lowest BCUT2D eigenvalue weighted by molar-refractivity contribution is -0.138. The molecule has 1 aromatic heterocycles. The van der Waals surface area contributed by atoms with Crippen LogP contribution in [0.2, 0.25) is 0 Å². The van der Waals surface area contributed by atoms with Gasteiger partial charge in [0.25, 0.3) is 5.91 Å². The summed E-state index contributed by atoms with van der Waals surface area (Å²) in [4.78, 5) is 23.0. The first-order valence-electron chi connectivity index (χ1n) is 6.28. The van der Waals surface area contributed by atoms with Gasteiger partial charge in [-0.3, -0.25) is 9.59 Å². The Morgan fingerprint density at radius 3 is 2.27 bits per heavy atom. The molecule has 0 saturated heterocycles. The van der Waals surface area contributed by atoms with E-state index in [2.05, 4.69) is 5.32 Å². The van der Waals surface area contributed by atoms with Crippen molar-refractivity contribution in [2.45, 2.75) is 20.0 Å². The van der Waals surface area contributed by atoms with E-state index in [1.807, 2.05) is 0 Å². The van der Waals surface area contributed by atoms with Crippen LogP contribution in [0.1, 0.15) is 39.2 Å². The number of carbonyl (C=O) groups is 2. The van der Waals surface area contributed by atoms with Gasteiger partial charge in [-0.05, 0) is 36.8 Å². The quantitative estimate of drug-likeness (QED) is 0.870. The number of benzene rings is 1. The molecule has 0 unspecified atom stereocenters. The summed E-state index contributed by atoms with van der Waals surface area (Å²) in [6.07, 6.45) is -4.50. The molecule has 2 aromatic rings. The summed E-state index contributed by atoms with van der Waals surface area (Å²) >= 11 is 0. The molecular weight excluding hydrogens is 299 g/mol. The van der Waals surface area contributed by atoms with Crippen LogP contribution in [-0.2, 0) is 6.18 Å². The Bertz CT molecular complexity index is 732. The number of hydrogen-bond donors (Lipinski definition) is 1. The summed E-state index contributed by atoms with van der Waals surface area (Å²) in [6, 6.07) is 6.08. The summed E-state index contributed by atoms with van der Waals surface area (Å²) in [5.74, 6) is -1.23. The molecule has 0 aliphatic heterocycles. The maximum atomic E-state index is 12.8. The van der Waals surface area contributed by atoms with E-state index in [4.69, 9.17) is 4.42 Å². The molecule has 0 aliphatic rings. The monoisotopic (exact) mass is 311 g/mol. The van der Waals surface area contributed by atoms with Gasteiger partial charge in [-0.15, -0.1) is 0 Å². The second-order valence-electron chi connectivity index (χ2n) is 4.70. The normalized spacial score (nSPS) is 11.3. The van der Waals surface area contributed by atoms with Crippen molar-refractivity contribution < 1.29 is 27.2 Å². The molecule has 22 heavy (non-hydrogen) atoms. The highest BCUT2D eigenvalue weighted by Gasteiger charge is 2.32. The number of furan rings is 1. The van der Waals surface area contributed by atoms with Crippen molar-refractivity contribution in [1.29, 1.82) is 0 Å². The van der Waals surface area contributed by atoms with Crippen LogP contribution in [0.25, 0.3) is 0 Å². The molecule has 0 spiro atoms. The third-order valence-corrected chi connectivity index (χ3v) is 2.98. The Balaban J connectivity index is 2.23. The lowest BCUT2D eigenvalue weighted by Gasteiger charge is -2.12. The van der Waals surface area contributed by atoms with Crippen molar-refractivity contribution >= 4 is 17.4 Å². The molecule has 0 radical (unpaired) electrons. The Labute approximate surface area is 123 Å². The van der Waals surface area contributed by atoms with Gasteiger partial charge in [0.1, 0.15) is 0 Å². The van der Waals surface area contributed by atoms with E-state index in [9.17, 15) is 22.8 Å². The minimum Gasteiger partial charge on any atom is -0.448 e. The van der Waals surface area contributed by atoms with E-state index in [1.165, 1.54) is 38.1 Å². The Morgan fingerprint density at radius 2 is 1.73 bits per heavy atom. The van der Waals surface area contributed by atoms with Crippen LogP contribution >= 0.6 is 0 Å². The minimum atomic E-state index is -4.50. The summed E-state index contributed by atoms with van der Waals surface area (Å²) in [6.45, 7) is 2.61. The molecule has 1 heterocycles. The molecule has 7 heteroatoms. The van der Waals surface area contributed by atoms with Crippen molar-refractivity contribution in [3.8, 4) is 0 Å². The van der Waals surface area contributed by atoms with Crippen LogP contribution in [0.5, 0.6) is 0 Å². The highest BCUT2D eigenvalue weighted by Crippen LogP contribution is 2.33. The number of halogens is 3. The summed E-state index contributed by atoms with van der Waals surface area (Å²) in [7, 11) is 0. The van der Waals surface area contributed by atoms with Crippen molar-refractivity contribution in [1.82, 2.24) is 0 Å². The molecule has 1 amide bonds. The van der Waals surface area contributed by atoms with Crippen LogP contribution in [-0.4, -0.2) is 11.7 Å². The molecule has 0 fully saturated rings. The molecule has 0 bridgehead atoms. The van der Waals surface area contributed by atoms with Crippen LogP contribution in [0.3, 0.4) is 0 Å². The average molecular weight is 311 g/mol. The van der Waals surface area contributed by atoms with Gasteiger partial charge in [-0.2, -0.15) is 13.2 Å². The first-order valence-corrected chi connectivity index (χ1v) is 6.28. The zero-order valence-electron chi connectivity index (χ0n) is 11.7. The molecule has 116 valence electrons. The first-order chi connectivity index (χ1) is 10.2. The summed E-state index contributed by atoms with van der Waals surface area (Å²) in [5.41, 5.74) is -0.778. The number of amides is 1. The van der Waals surface area contributed by atoms with Crippen molar-refractivity contribution in [2.24, 2.45) is 0 Å². The van der Waals surface area contributed by atoms with Crippen LogP contribution in [0, 0.1) is 6.92 Å². The van der Waals surface area contributed by atoms with E-state index in [0.29, 0.717) is 0 Å². The molecular formula is C15H12F3NO3. The minimum absolute atomic E-state index is 0.00466. The maximum Gasteiger partial charge on any atom is 0.416 e. The summed E-state index contributed by atoms with van der Waals surface area (Å²) in [5, 5.41) is 2.31. The van der Waals surface area contributed by atoms with Crippen LogP contribution < -0.4 is 5.32 Å². The third-order valence-electron chi connectivity index (χ3n) is 2.98. The fourth-order valence-electron chi connectivity index (χ4n) is 1.85. The molecule has 0 saturated carbocycles. The lowest BCUT2D eigenvalue weighted by atomic mass is 10.1. The Hall–Kier alpha value is -2.57. The van der Waals surface area contributed by atoms with Crippen LogP contribution in [0.15, 0.2) is 34.7 Å². The van der Waals surface area contributed by atoms with Crippen molar-refractivity contribution in [2.75, 3.05) is 5.32 Å². The third kappa shape index (κ3) is 3.36. The second-order valence-corrected chi connectivity index (χ2v) is 4.70. The van der Waals surface area contributed by atoms with E-state index >= 15 is 0 Å². The Morgan fingerprint density at radius 1 is 1.09 bits per heavy atom. The summed E-state index contributed by atoms with van der Waals surface area (Å²) < 4.78 is 43.5. The van der Waals surface area contributed by atoms with Gasteiger partial charge < -0.3 is 9.73 Å². The molecule has 1 N–H and O–H groups in total. The number of rotatable bonds is 3. The maximum absolute atomic E-state index is 12.8. The zero-order valence-corrected chi connectivity index (χ0v) is 11.7. The van der Waals surface area contributed by atoms with E-state index in [0.717, 1.165) is 6.07 Å². The predicted octanol–water partition coefficient (Wildman–Crippen LogP) is 4.06. The fraction of sp³-hybridized carbons (Fsp3) is 0.200. The van der Waals surface area contributed by atoms with Gasteiger partial charge in [0.2, 0.25) is 0 Å². The van der Waals surface area contributed by atoms with E-state index < -0.39 is 17.6 Å². The standard InChI is InChI=1S/C15H12F3NO3/c1-8-3-4-10(7-11(8)15(16,17)18)19-14(21)13-6-5-12(22-13)9(2)20/h3-7H,1-2H3,(H,19,21). The highest BCUT2D eigenvalue weighted by atomic mass is 19.4. The molecule has 1 aromatic carbocycles. The van der Waals surface area contributed by atoms with Gasteiger partial charge in [0.15, 0.2) is 17.3 Å². The number of nitrogens with one attached hydrogen (secondary N) is 1. The second kappa shape index (κ2) is 5.67. The zero-order chi connectivity index (χ0) is 16.5. The SMILES string of the molecule is CC(=O)c1ccc(C(=O)Nc2ccc(C)c(C(F)(F)F)c2)o1. The topological polar surface area (TPSA) is 59.3 Å². The van der Waals surface area contributed by atoms with Crippen LogP contribution in [0.4, 0.5) is 18.9 Å². The van der Waals surface area contributed by atoms with E-state index in [-0.39, 0.29) is 28.6 Å². The Kier molecular flexibility index (Phi) is 4.07. The lowest BCUT2D eigenvalue weighted by Crippen LogP contribution is -2.13. The average Bonchev–Trinajstić information content (AvgIpc) is 2.89. The fourth-order valence-corrected chi connectivity index (χ4v) is 1.85. The van der Waals surface area contributed by atoms with Gasteiger partial charge in [-0.1, -0.05) is 6.07 Å². The number of Topliss-reactive ketones (excluding diaryl/α,β-unsaturated/α-hetero) is 1. The van der Waals surface area contributed by atoms with Crippen molar-refractivity contribution in [3.05, 3.63) is 53.0 Å². The molecule has 2 rings (SSSR count). The molecule has 4 nitrogen and oxygen atoms in total. The molecule has 0 atom stereocenters. The highest BCUT2D eigenvalue weighted by molar-refractivity contribution is 6.03. The first kappa shape index (κ1) is 15.8. The number of hydrogen-bond acceptors (Lipinski definition) is 3.